The van der Waals surface area contributed by atoms with Crippen LogP contribution in [-0.2, 0) is 5.41 Å². The lowest BCUT2D eigenvalue weighted by Crippen LogP contribution is -2.33. The molecule has 2 aromatic heterocycles. The van der Waals surface area contributed by atoms with Crippen molar-refractivity contribution in [3.8, 4) is 11.8 Å². The van der Waals surface area contributed by atoms with E-state index >= 15 is 0 Å². The minimum Gasteiger partial charge on any atom is -0.393 e. The molecule has 30 heavy (non-hydrogen) atoms. The normalized spacial score (nSPS) is 21.0. The summed E-state index contributed by atoms with van der Waals surface area (Å²) in [5.41, 5.74) is 3.32. The van der Waals surface area contributed by atoms with Crippen molar-refractivity contribution in [3.63, 3.8) is 0 Å². The third-order valence-electron chi connectivity index (χ3n) is 5.88. The number of benzene rings is 1. The van der Waals surface area contributed by atoms with E-state index in [1.807, 2.05) is 42.0 Å². The number of pyridine rings is 1. The lowest BCUT2D eigenvalue weighted by atomic mass is 9.72. The first-order chi connectivity index (χ1) is 14.5. The second kappa shape index (κ2) is 8.13. The maximum absolute atomic E-state index is 12.7. The second-order valence-corrected chi connectivity index (χ2v) is 7.91. The number of aryl methyl sites for hydroxylation is 1. The van der Waals surface area contributed by atoms with Crippen molar-refractivity contribution >= 4 is 11.6 Å². The molecule has 6 nitrogen and oxygen atoms in total. The van der Waals surface area contributed by atoms with Gasteiger partial charge in [-0.05, 0) is 62.4 Å². The summed E-state index contributed by atoms with van der Waals surface area (Å²) in [5, 5.41) is 22.3. The number of hydrogen-bond donors (Lipinski definition) is 2. The number of amides is 1. The zero-order chi connectivity index (χ0) is 21.1. The molecule has 152 valence electrons. The molecule has 0 bridgehead atoms. The Balaban J connectivity index is 1.47. The Morgan fingerprint density at radius 1 is 1.23 bits per heavy atom. The molecule has 0 aliphatic heterocycles. The predicted molar refractivity (Wildman–Crippen MR) is 114 cm³/mol. The van der Waals surface area contributed by atoms with Crippen LogP contribution in [0.3, 0.4) is 0 Å². The quantitative estimate of drug-likeness (QED) is 0.689. The summed E-state index contributed by atoms with van der Waals surface area (Å²) in [6.45, 7) is 2.03. The Labute approximate surface area is 175 Å². The van der Waals surface area contributed by atoms with Crippen LogP contribution in [0.1, 0.15) is 47.3 Å². The summed E-state index contributed by atoms with van der Waals surface area (Å²) >= 11 is 0. The molecule has 1 aliphatic rings. The predicted octanol–water partition coefficient (Wildman–Crippen LogP) is 4.13. The van der Waals surface area contributed by atoms with Gasteiger partial charge in [-0.2, -0.15) is 5.26 Å². The lowest BCUT2D eigenvalue weighted by molar-refractivity contribution is 0.102. The number of carbonyl (C=O) groups excluding carboxylic acids is 1. The fraction of sp³-hybridized carbons (Fsp3) is 0.292. The van der Waals surface area contributed by atoms with Crippen LogP contribution in [0.15, 0.2) is 61.1 Å². The van der Waals surface area contributed by atoms with Crippen molar-refractivity contribution in [2.75, 3.05) is 5.32 Å². The van der Waals surface area contributed by atoms with Gasteiger partial charge in [-0.25, -0.2) is 0 Å². The number of nitrogens with zero attached hydrogens (tertiary/aromatic N) is 3. The van der Waals surface area contributed by atoms with E-state index in [4.69, 9.17) is 0 Å². The summed E-state index contributed by atoms with van der Waals surface area (Å²) in [6.07, 6.45) is 7.32. The van der Waals surface area contributed by atoms with Crippen LogP contribution in [-0.4, -0.2) is 26.7 Å². The summed E-state index contributed by atoms with van der Waals surface area (Å²) in [4.78, 5) is 17.1. The fourth-order valence-electron chi connectivity index (χ4n) is 4.01. The van der Waals surface area contributed by atoms with Gasteiger partial charge in [-0.15, -0.1) is 0 Å². The monoisotopic (exact) mass is 400 g/mol. The van der Waals surface area contributed by atoms with Crippen molar-refractivity contribution in [1.82, 2.24) is 9.55 Å². The van der Waals surface area contributed by atoms with Gasteiger partial charge in [0.1, 0.15) is 0 Å². The van der Waals surface area contributed by atoms with E-state index in [2.05, 4.69) is 16.4 Å². The van der Waals surface area contributed by atoms with Crippen LogP contribution < -0.4 is 5.32 Å². The minimum absolute atomic E-state index is 0.215. The van der Waals surface area contributed by atoms with Crippen molar-refractivity contribution in [1.29, 1.82) is 5.26 Å². The van der Waals surface area contributed by atoms with E-state index in [1.54, 1.807) is 30.6 Å². The average Bonchev–Trinajstić information content (AvgIpc) is 3.26. The SMILES string of the molecule is Cc1ccccc1-n1ccc(C(=O)Nc2ccc(C3(C#N)CCC(O)CC3)nc2)c1. The fourth-order valence-corrected chi connectivity index (χ4v) is 4.01. The highest BCUT2D eigenvalue weighted by Crippen LogP contribution is 2.38. The van der Waals surface area contributed by atoms with Gasteiger partial charge in [0, 0.05) is 18.1 Å². The Kier molecular flexibility index (Phi) is 5.39. The number of aliphatic hydroxyl groups excluding tert-OH is 1. The maximum Gasteiger partial charge on any atom is 0.257 e. The van der Waals surface area contributed by atoms with E-state index < -0.39 is 5.41 Å². The number of rotatable bonds is 4. The first-order valence-electron chi connectivity index (χ1n) is 10.1. The number of para-hydroxylation sites is 1. The van der Waals surface area contributed by atoms with Crippen LogP contribution in [0.25, 0.3) is 5.69 Å². The molecule has 0 saturated heterocycles. The molecule has 3 aromatic rings. The molecular formula is C24H24N4O2. The van der Waals surface area contributed by atoms with Crippen molar-refractivity contribution in [2.45, 2.75) is 44.1 Å². The van der Waals surface area contributed by atoms with Gasteiger partial charge < -0.3 is 15.0 Å². The summed E-state index contributed by atoms with van der Waals surface area (Å²) in [7, 11) is 0. The van der Waals surface area contributed by atoms with Crippen LogP contribution >= 0.6 is 0 Å². The number of carbonyl (C=O) groups is 1. The Morgan fingerprint density at radius 3 is 2.67 bits per heavy atom. The number of aromatic nitrogens is 2. The molecule has 1 aliphatic carbocycles. The largest absolute Gasteiger partial charge is 0.393 e. The zero-order valence-electron chi connectivity index (χ0n) is 16.9. The van der Waals surface area contributed by atoms with E-state index in [1.165, 1.54) is 0 Å². The lowest BCUT2D eigenvalue weighted by Gasteiger charge is -2.32. The van der Waals surface area contributed by atoms with Crippen LogP contribution in [0, 0.1) is 18.3 Å². The van der Waals surface area contributed by atoms with E-state index in [9.17, 15) is 15.2 Å². The first kappa shape index (κ1) is 19.9. The highest BCUT2D eigenvalue weighted by Gasteiger charge is 2.37. The summed E-state index contributed by atoms with van der Waals surface area (Å²) in [6, 6.07) is 15.8. The van der Waals surface area contributed by atoms with Gasteiger partial charge in [0.15, 0.2) is 0 Å². The summed E-state index contributed by atoms with van der Waals surface area (Å²) < 4.78 is 1.93. The minimum atomic E-state index is -0.660. The number of nitrogens with one attached hydrogen (secondary N) is 1. The number of nitriles is 1. The molecule has 1 saturated carbocycles. The molecule has 6 heteroatoms. The molecule has 0 atom stereocenters. The Morgan fingerprint density at radius 2 is 2.00 bits per heavy atom. The first-order valence-corrected chi connectivity index (χ1v) is 10.1. The molecular weight excluding hydrogens is 376 g/mol. The van der Waals surface area contributed by atoms with Gasteiger partial charge in [0.2, 0.25) is 0 Å². The molecule has 1 amide bonds. The van der Waals surface area contributed by atoms with Crippen LogP contribution in [0.4, 0.5) is 5.69 Å². The van der Waals surface area contributed by atoms with Gasteiger partial charge in [-0.3, -0.25) is 9.78 Å². The second-order valence-electron chi connectivity index (χ2n) is 7.91. The van der Waals surface area contributed by atoms with Crippen molar-refractivity contribution < 1.29 is 9.90 Å². The molecule has 2 heterocycles. The third-order valence-corrected chi connectivity index (χ3v) is 5.88. The maximum atomic E-state index is 12.7. The van der Waals surface area contributed by atoms with E-state index in [0.717, 1.165) is 11.3 Å². The molecule has 2 N–H and O–H groups in total. The Hall–Kier alpha value is -3.43. The van der Waals surface area contributed by atoms with Gasteiger partial charge >= 0.3 is 0 Å². The summed E-state index contributed by atoms with van der Waals surface area (Å²) in [5.74, 6) is -0.215. The van der Waals surface area contributed by atoms with Crippen molar-refractivity contribution in [3.05, 3.63) is 77.9 Å². The number of aliphatic hydroxyl groups is 1. The Bertz CT molecular complexity index is 1090. The molecule has 0 spiro atoms. The topological polar surface area (TPSA) is 90.9 Å². The van der Waals surface area contributed by atoms with Gasteiger partial charge in [-0.1, -0.05) is 18.2 Å². The standard InChI is InChI=1S/C24H24N4O2/c1-17-4-2-3-5-21(17)28-13-10-18(15-28)23(30)27-19-6-7-22(26-14-19)24(16-25)11-8-20(29)9-12-24/h2-7,10,13-15,20,29H,8-9,11-12H2,1H3,(H,27,30). The van der Waals surface area contributed by atoms with Crippen molar-refractivity contribution in [2.24, 2.45) is 0 Å². The third kappa shape index (κ3) is 3.85. The highest BCUT2D eigenvalue weighted by molar-refractivity contribution is 6.04. The van der Waals surface area contributed by atoms with Gasteiger partial charge in [0.05, 0.1) is 40.7 Å². The molecule has 4 rings (SSSR count). The number of anilines is 1. The average molecular weight is 400 g/mol. The van der Waals surface area contributed by atoms with Crippen LogP contribution in [0.2, 0.25) is 0 Å². The smallest absolute Gasteiger partial charge is 0.257 e. The molecule has 1 aromatic carbocycles. The molecule has 1 fully saturated rings. The highest BCUT2D eigenvalue weighted by atomic mass is 16.3. The van der Waals surface area contributed by atoms with E-state index in [0.29, 0.717) is 42.6 Å². The van der Waals surface area contributed by atoms with Gasteiger partial charge in [0.25, 0.3) is 5.91 Å². The molecule has 0 radical (unpaired) electrons. The zero-order valence-corrected chi connectivity index (χ0v) is 16.9. The number of hydrogen-bond acceptors (Lipinski definition) is 4. The molecule has 0 unspecified atom stereocenters. The van der Waals surface area contributed by atoms with E-state index in [-0.39, 0.29) is 12.0 Å². The van der Waals surface area contributed by atoms with Crippen LogP contribution in [0.5, 0.6) is 0 Å².